The van der Waals surface area contributed by atoms with Gasteiger partial charge >= 0.3 is 0 Å². The van der Waals surface area contributed by atoms with E-state index in [0.29, 0.717) is 5.92 Å². The average Bonchev–Trinajstić information content (AvgIpc) is 3.17. The van der Waals surface area contributed by atoms with E-state index < -0.39 is 0 Å². The van der Waals surface area contributed by atoms with Crippen molar-refractivity contribution in [3.05, 3.63) is 53.6 Å². The van der Waals surface area contributed by atoms with E-state index in [1.54, 1.807) is 0 Å². The van der Waals surface area contributed by atoms with Crippen LogP contribution in [-0.2, 0) is 11.3 Å². The topological polar surface area (TPSA) is 40.2 Å². The second-order valence-electron chi connectivity index (χ2n) is 6.19. The van der Waals surface area contributed by atoms with E-state index in [-0.39, 0.29) is 0 Å². The lowest BCUT2D eigenvalue weighted by Gasteiger charge is -2.15. The lowest BCUT2D eigenvalue weighted by atomic mass is 10.1. The van der Waals surface area contributed by atoms with Gasteiger partial charge in [-0.3, -0.25) is 0 Å². The molecule has 0 unspecified atom stereocenters. The van der Waals surface area contributed by atoms with Crippen molar-refractivity contribution in [3.63, 3.8) is 0 Å². The van der Waals surface area contributed by atoms with E-state index in [1.165, 1.54) is 22.2 Å². The first kappa shape index (κ1) is 14.6. The van der Waals surface area contributed by atoms with Crippen LogP contribution in [0.25, 0.3) is 22.2 Å². The number of rotatable bonds is 3. The van der Waals surface area contributed by atoms with Crippen molar-refractivity contribution in [1.29, 1.82) is 0 Å². The van der Waals surface area contributed by atoms with E-state index in [2.05, 4.69) is 28.8 Å². The van der Waals surface area contributed by atoms with Crippen LogP contribution >= 0.6 is 11.6 Å². The summed E-state index contributed by atoms with van der Waals surface area (Å²) in [6.07, 6.45) is 1.12. The zero-order valence-corrected chi connectivity index (χ0v) is 13.6. The molecule has 2 aromatic carbocycles. The van der Waals surface area contributed by atoms with Gasteiger partial charge in [0.2, 0.25) is 0 Å². The summed E-state index contributed by atoms with van der Waals surface area (Å²) in [6.45, 7) is 2.67. The lowest BCUT2D eigenvalue weighted by molar-refractivity contribution is 0.183. The highest BCUT2D eigenvalue weighted by molar-refractivity contribution is 6.30. The minimum absolute atomic E-state index is 0.564. The maximum Gasteiger partial charge on any atom is 0.0512 e. The predicted molar refractivity (Wildman–Crippen MR) is 95.7 cm³/mol. The third kappa shape index (κ3) is 2.82. The summed E-state index contributed by atoms with van der Waals surface area (Å²) in [5.41, 5.74) is 10.3. The first-order chi connectivity index (χ1) is 11.2. The quantitative estimate of drug-likeness (QED) is 0.716. The number of benzene rings is 2. The molecule has 2 N–H and O–H groups in total. The van der Waals surface area contributed by atoms with Crippen molar-refractivity contribution >= 4 is 28.2 Å². The Bertz CT molecular complexity index is 832. The molecule has 3 nitrogen and oxygen atoms in total. The summed E-state index contributed by atoms with van der Waals surface area (Å²) in [4.78, 5) is 0. The van der Waals surface area contributed by atoms with Crippen LogP contribution in [0.2, 0.25) is 5.02 Å². The zero-order valence-electron chi connectivity index (χ0n) is 12.8. The minimum Gasteiger partial charge on any atom is -0.399 e. The molecule has 0 radical (unpaired) electrons. The number of halogens is 1. The molecular weight excluding hydrogens is 308 g/mol. The summed E-state index contributed by atoms with van der Waals surface area (Å²) in [5.74, 6) is 0.564. The molecule has 2 heterocycles. The summed E-state index contributed by atoms with van der Waals surface area (Å²) in [7, 11) is 0. The molecule has 4 rings (SSSR count). The van der Waals surface area contributed by atoms with E-state index >= 15 is 0 Å². The van der Waals surface area contributed by atoms with E-state index in [0.717, 1.165) is 36.9 Å². The number of nitrogens with two attached hydrogens (primary N) is 1. The molecule has 0 aliphatic carbocycles. The molecule has 1 fully saturated rings. The van der Waals surface area contributed by atoms with Gasteiger partial charge in [0.15, 0.2) is 0 Å². The van der Waals surface area contributed by atoms with Crippen LogP contribution < -0.4 is 5.73 Å². The maximum atomic E-state index is 6.04. The molecule has 1 atom stereocenters. The zero-order chi connectivity index (χ0) is 15.8. The molecule has 0 bridgehead atoms. The first-order valence-electron chi connectivity index (χ1n) is 7.93. The second-order valence-corrected chi connectivity index (χ2v) is 6.63. The Morgan fingerprint density at radius 1 is 1.13 bits per heavy atom. The van der Waals surface area contributed by atoms with Gasteiger partial charge in [-0.05, 0) is 48.4 Å². The van der Waals surface area contributed by atoms with Crippen LogP contribution in [0.15, 0.2) is 48.5 Å². The van der Waals surface area contributed by atoms with Crippen LogP contribution in [0.1, 0.15) is 6.42 Å². The standard InChI is InChI=1S/C19H19ClN2O/c20-16-3-1-14(2-4-16)19-10-15-9-17(21)5-6-18(15)22(19)11-13-7-8-23-12-13/h1-6,9-10,13H,7-8,11-12,21H2/t13-/m0/s1. The highest BCUT2D eigenvalue weighted by Crippen LogP contribution is 2.32. The van der Waals surface area contributed by atoms with Gasteiger partial charge in [-0.2, -0.15) is 0 Å². The Balaban J connectivity index is 1.85. The normalized spacial score (nSPS) is 17.9. The molecule has 1 aromatic heterocycles. The molecule has 4 heteroatoms. The summed E-state index contributed by atoms with van der Waals surface area (Å²) < 4.78 is 7.93. The number of hydrogen-bond acceptors (Lipinski definition) is 2. The second kappa shape index (κ2) is 5.91. The molecule has 3 aromatic rings. The van der Waals surface area contributed by atoms with Gasteiger partial charge in [-0.1, -0.05) is 23.7 Å². The van der Waals surface area contributed by atoms with Gasteiger partial charge in [-0.15, -0.1) is 0 Å². The van der Waals surface area contributed by atoms with E-state index in [1.807, 2.05) is 24.3 Å². The molecule has 1 aliphatic heterocycles. The molecular formula is C19H19ClN2O. The van der Waals surface area contributed by atoms with E-state index in [9.17, 15) is 0 Å². The van der Waals surface area contributed by atoms with Gasteiger partial charge in [0.05, 0.1) is 6.61 Å². The van der Waals surface area contributed by atoms with Gasteiger partial charge < -0.3 is 15.0 Å². The lowest BCUT2D eigenvalue weighted by Crippen LogP contribution is -2.11. The molecule has 0 amide bonds. The molecule has 1 saturated heterocycles. The summed E-state index contributed by atoms with van der Waals surface area (Å²) in [5, 5.41) is 1.93. The number of hydrogen-bond donors (Lipinski definition) is 1. The number of anilines is 1. The van der Waals surface area contributed by atoms with Crippen LogP contribution in [0, 0.1) is 5.92 Å². The van der Waals surface area contributed by atoms with Gasteiger partial charge in [0.25, 0.3) is 0 Å². The van der Waals surface area contributed by atoms with Crippen molar-refractivity contribution in [2.45, 2.75) is 13.0 Å². The SMILES string of the molecule is Nc1ccc2c(c1)cc(-c1ccc(Cl)cc1)n2C[C@@H]1CCOC1. The van der Waals surface area contributed by atoms with Crippen LogP contribution in [0.4, 0.5) is 5.69 Å². The third-order valence-corrected chi connectivity index (χ3v) is 4.78. The smallest absolute Gasteiger partial charge is 0.0512 e. The summed E-state index contributed by atoms with van der Waals surface area (Å²) in [6, 6.07) is 16.3. The highest BCUT2D eigenvalue weighted by atomic mass is 35.5. The Kier molecular flexibility index (Phi) is 3.76. The number of ether oxygens (including phenoxy) is 1. The Morgan fingerprint density at radius 2 is 1.96 bits per heavy atom. The fraction of sp³-hybridized carbons (Fsp3) is 0.263. The van der Waals surface area contributed by atoms with Crippen molar-refractivity contribution in [1.82, 2.24) is 4.57 Å². The Hall–Kier alpha value is -1.97. The molecule has 0 saturated carbocycles. The molecule has 118 valence electrons. The number of nitrogens with zero attached hydrogens (tertiary/aromatic N) is 1. The maximum absolute atomic E-state index is 6.04. The minimum atomic E-state index is 0.564. The van der Waals surface area contributed by atoms with Crippen molar-refractivity contribution < 1.29 is 4.74 Å². The molecule has 23 heavy (non-hydrogen) atoms. The van der Waals surface area contributed by atoms with Gasteiger partial charge in [-0.25, -0.2) is 0 Å². The highest BCUT2D eigenvalue weighted by Gasteiger charge is 2.19. The monoisotopic (exact) mass is 326 g/mol. The first-order valence-corrected chi connectivity index (χ1v) is 8.31. The fourth-order valence-electron chi connectivity index (χ4n) is 3.33. The number of aromatic nitrogens is 1. The Labute approximate surface area is 140 Å². The van der Waals surface area contributed by atoms with Gasteiger partial charge in [0.1, 0.15) is 0 Å². The Morgan fingerprint density at radius 3 is 2.70 bits per heavy atom. The largest absolute Gasteiger partial charge is 0.399 e. The summed E-state index contributed by atoms with van der Waals surface area (Å²) >= 11 is 6.04. The number of nitrogen functional groups attached to an aromatic ring is 1. The number of fused-ring (bicyclic) bond motifs is 1. The predicted octanol–water partition coefficient (Wildman–Crippen LogP) is 4.58. The fourth-order valence-corrected chi connectivity index (χ4v) is 3.46. The average molecular weight is 327 g/mol. The van der Waals surface area contributed by atoms with Crippen LogP contribution in [-0.4, -0.2) is 17.8 Å². The third-order valence-electron chi connectivity index (χ3n) is 4.53. The van der Waals surface area contributed by atoms with Crippen molar-refractivity contribution in [3.8, 4) is 11.3 Å². The van der Waals surface area contributed by atoms with Crippen molar-refractivity contribution in [2.24, 2.45) is 5.92 Å². The van der Waals surface area contributed by atoms with Crippen LogP contribution in [0.3, 0.4) is 0 Å². The molecule has 0 spiro atoms. The molecule has 1 aliphatic rings. The van der Waals surface area contributed by atoms with E-state index in [4.69, 9.17) is 22.1 Å². The van der Waals surface area contributed by atoms with Crippen LogP contribution in [0.5, 0.6) is 0 Å². The van der Waals surface area contributed by atoms with Gasteiger partial charge in [0, 0.05) is 46.4 Å². The van der Waals surface area contributed by atoms with Crippen molar-refractivity contribution in [2.75, 3.05) is 18.9 Å².